The molecule has 0 radical (unpaired) electrons. The highest BCUT2D eigenvalue weighted by Gasteiger charge is 2.35. The zero-order valence-corrected chi connectivity index (χ0v) is 17.8. The van der Waals surface area contributed by atoms with E-state index < -0.39 is 0 Å². The van der Waals surface area contributed by atoms with E-state index in [1.165, 1.54) is 6.07 Å². The number of H-pyrrole nitrogens is 1. The largest absolute Gasteiger partial charge is 0.336 e. The number of nitrogens with one attached hydrogen (secondary N) is 1. The number of piperidine rings is 1. The Labute approximate surface area is 183 Å². The van der Waals surface area contributed by atoms with Crippen molar-refractivity contribution in [2.45, 2.75) is 24.8 Å². The SMILES string of the molecule is O=C(c1ccc2[nH]ncc2c1Cl)N1CCN2C[C@@H](c3ccc(F)c(Cl)c3)CC[C@@H]2C1. The Morgan fingerprint density at radius 3 is 2.83 bits per heavy atom. The molecule has 2 aliphatic heterocycles. The van der Waals surface area contributed by atoms with Crippen molar-refractivity contribution >= 4 is 40.0 Å². The highest BCUT2D eigenvalue weighted by atomic mass is 35.5. The molecule has 0 unspecified atom stereocenters. The summed E-state index contributed by atoms with van der Waals surface area (Å²) in [5.41, 5.74) is 2.42. The summed E-state index contributed by atoms with van der Waals surface area (Å²) in [7, 11) is 0. The van der Waals surface area contributed by atoms with Crippen LogP contribution in [0.3, 0.4) is 0 Å². The lowest BCUT2D eigenvalue weighted by molar-refractivity contribution is 0.0329. The fourth-order valence-electron chi connectivity index (χ4n) is 4.72. The van der Waals surface area contributed by atoms with Crippen molar-refractivity contribution in [3.05, 3.63) is 63.5 Å². The molecule has 0 aliphatic carbocycles. The van der Waals surface area contributed by atoms with Crippen LogP contribution in [0.15, 0.2) is 36.5 Å². The summed E-state index contributed by atoms with van der Waals surface area (Å²) >= 11 is 12.5. The number of piperazine rings is 1. The fraction of sp³-hybridized carbons (Fsp3) is 0.364. The number of halogens is 3. The number of aromatic amines is 1. The number of hydrogen-bond acceptors (Lipinski definition) is 3. The van der Waals surface area contributed by atoms with Gasteiger partial charge in [-0.05, 0) is 48.6 Å². The van der Waals surface area contributed by atoms with Gasteiger partial charge >= 0.3 is 0 Å². The van der Waals surface area contributed by atoms with Crippen LogP contribution in [0.25, 0.3) is 10.9 Å². The van der Waals surface area contributed by atoms with Crippen LogP contribution in [0, 0.1) is 5.82 Å². The first kappa shape index (κ1) is 19.8. The molecule has 30 heavy (non-hydrogen) atoms. The van der Waals surface area contributed by atoms with Gasteiger partial charge in [0.25, 0.3) is 5.91 Å². The number of rotatable bonds is 2. The summed E-state index contributed by atoms with van der Waals surface area (Å²) < 4.78 is 13.5. The number of carbonyl (C=O) groups excluding carboxylic acids is 1. The summed E-state index contributed by atoms with van der Waals surface area (Å²) in [6.07, 6.45) is 3.63. The van der Waals surface area contributed by atoms with Gasteiger partial charge in [-0.25, -0.2) is 4.39 Å². The first-order valence-electron chi connectivity index (χ1n) is 10.1. The van der Waals surface area contributed by atoms with Crippen LogP contribution < -0.4 is 0 Å². The van der Waals surface area contributed by atoms with E-state index in [4.69, 9.17) is 23.2 Å². The summed E-state index contributed by atoms with van der Waals surface area (Å²) in [5, 5.41) is 8.26. The van der Waals surface area contributed by atoms with E-state index >= 15 is 0 Å². The van der Waals surface area contributed by atoms with Crippen LogP contribution in [-0.4, -0.2) is 58.1 Å². The quantitative estimate of drug-likeness (QED) is 0.619. The third-order valence-electron chi connectivity index (χ3n) is 6.40. The average Bonchev–Trinajstić information content (AvgIpc) is 3.24. The van der Waals surface area contributed by atoms with Gasteiger partial charge in [0.2, 0.25) is 0 Å². The molecule has 2 aromatic carbocycles. The topological polar surface area (TPSA) is 52.2 Å². The summed E-state index contributed by atoms with van der Waals surface area (Å²) in [5.74, 6) is -0.0803. The molecule has 3 aromatic rings. The predicted molar refractivity (Wildman–Crippen MR) is 116 cm³/mol. The van der Waals surface area contributed by atoms with Gasteiger partial charge in [-0.15, -0.1) is 0 Å². The molecule has 1 N–H and O–H groups in total. The van der Waals surface area contributed by atoms with E-state index in [1.54, 1.807) is 18.3 Å². The molecule has 2 fully saturated rings. The highest BCUT2D eigenvalue weighted by molar-refractivity contribution is 6.38. The van der Waals surface area contributed by atoms with Crippen molar-refractivity contribution in [1.29, 1.82) is 0 Å². The molecule has 1 aromatic heterocycles. The summed E-state index contributed by atoms with van der Waals surface area (Å²) in [4.78, 5) is 17.5. The van der Waals surface area contributed by atoms with Crippen molar-refractivity contribution in [3.63, 3.8) is 0 Å². The summed E-state index contributed by atoms with van der Waals surface area (Å²) in [6, 6.07) is 8.96. The number of carbonyl (C=O) groups is 1. The standard InChI is InChI=1S/C22H21Cl2FN4O/c23-18-9-13(2-5-19(18)25)14-1-3-15-12-29(8-7-28(15)11-14)22(30)16-4-6-20-17(21(16)24)10-26-27-20/h2,4-6,9-10,14-15H,1,3,7-8,11-12H2,(H,26,27)/t14-,15+/m0/s1. The molecule has 5 rings (SSSR count). The predicted octanol–water partition coefficient (Wildman–Crippen LogP) is 4.71. The van der Waals surface area contributed by atoms with E-state index in [1.807, 2.05) is 17.0 Å². The molecule has 0 bridgehead atoms. The second-order valence-electron chi connectivity index (χ2n) is 8.11. The maximum atomic E-state index is 13.5. The van der Waals surface area contributed by atoms with Gasteiger partial charge in [0, 0.05) is 37.6 Å². The Morgan fingerprint density at radius 1 is 1.13 bits per heavy atom. The minimum atomic E-state index is -0.381. The Morgan fingerprint density at radius 2 is 2.00 bits per heavy atom. The molecule has 2 atom stereocenters. The smallest absolute Gasteiger partial charge is 0.255 e. The van der Waals surface area contributed by atoms with Gasteiger partial charge in [0.15, 0.2) is 0 Å². The Hall–Kier alpha value is -2.15. The highest BCUT2D eigenvalue weighted by Crippen LogP contribution is 2.34. The van der Waals surface area contributed by atoms with Gasteiger partial charge in [0.1, 0.15) is 5.82 Å². The molecule has 156 valence electrons. The van der Waals surface area contributed by atoms with Crippen LogP contribution in [0.1, 0.15) is 34.7 Å². The molecule has 3 heterocycles. The number of hydrogen-bond donors (Lipinski definition) is 1. The van der Waals surface area contributed by atoms with E-state index in [0.29, 0.717) is 35.6 Å². The molecule has 2 aliphatic rings. The van der Waals surface area contributed by atoms with E-state index in [9.17, 15) is 9.18 Å². The number of aromatic nitrogens is 2. The molecular weight excluding hydrogens is 426 g/mol. The number of fused-ring (bicyclic) bond motifs is 2. The van der Waals surface area contributed by atoms with Gasteiger partial charge in [0.05, 0.1) is 27.3 Å². The first-order chi connectivity index (χ1) is 14.5. The second kappa shape index (κ2) is 7.84. The second-order valence-corrected chi connectivity index (χ2v) is 8.89. The van der Waals surface area contributed by atoms with Crippen LogP contribution in [0.5, 0.6) is 0 Å². The van der Waals surface area contributed by atoms with Crippen molar-refractivity contribution in [2.75, 3.05) is 26.2 Å². The lowest BCUT2D eigenvalue weighted by Crippen LogP contribution is -2.57. The van der Waals surface area contributed by atoms with Crippen LogP contribution >= 0.6 is 23.2 Å². The van der Waals surface area contributed by atoms with Gasteiger partial charge in [-0.2, -0.15) is 5.10 Å². The molecule has 2 saturated heterocycles. The third kappa shape index (κ3) is 3.47. The van der Waals surface area contributed by atoms with Crippen LogP contribution in [-0.2, 0) is 0 Å². The Bertz CT molecular complexity index is 1120. The maximum Gasteiger partial charge on any atom is 0.255 e. The first-order valence-corrected chi connectivity index (χ1v) is 10.9. The van der Waals surface area contributed by atoms with Crippen LogP contribution in [0.2, 0.25) is 10.0 Å². The molecular formula is C22H21Cl2FN4O. The van der Waals surface area contributed by atoms with Crippen molar-refractivity contribution in [1.82, 2.24) is 20.0 Å². The van der Waals surface area contributed by atoms with E-state index in [0.717, 1.165) is 42.4 Å². The van der Waals surface area contributed by atoms with Crippen molar-refractivity contribution in [2.24, 2.45) is 0 Å². The monoisotopic (exact) mass is 446 g/mol. The molecule has 1 amide bonds. The van der Waals surface area contributed by atoms with E-state index in [-0.39, 0.29) is 16.7 Å². The third-order valence-corrected chi connectivity index (χ3v) is 7.10. The number of benzene rings is 2. The van der Waals surface area contributed by atoms with Crippen molar-refractivity contribution < 1.29 is 9.18 Å². The minimum absolute atomic E-state index is 0.0322. The molecule has 0 saturated carbocycles. The van der Waals surface area contributed by atoms with Gasteiger partial charge in [-0.1, -0.05) is 29.3 Å². The lowest BCUT2D eigenvalue weighted by Gasteiger charge is -2.46. The van der Waals surface area contributed by atoms with E-state index in [2.05, 4.69) is 15.1 Å². The zero-order valence-electron chi connectivity index (χ0n) is 16.2. The zero-order chi connectivity index (χ0) is 20.8. The van der Waals surface area contributed by atoms with Crippen LogP contribution in [0.4, 0.5) is 4.39 Å². The van der Waals surface area contributed by atoms with Gasteiger partial charge < -0.3 is 4.90 Å². The normalized spacial score (nSPS) is 22.3. The maximum absolute atomic E-state index is 13.5. The van der Waals surface area contributed by atoms with Gasteiger partial charge in [-0.3, -0.25) is 14.8 Å². The molecule has 8 heteroatoms. The molecule has 5 nitrogen and oxygen atoms in total. The summed E-state index contributed by atoms with van der Waals surface area (Å²) in [6.45, 7) is 3.06. The Kier molecular flexibility index (Phi) is 5.17. The lowest BCUT2D eigenvalue weighted by atomic mass is 9.86. The molecule has 0 spiro atoms. The average molecular weight is 447 g/mol. The fourth-order valence-corrected chi connectivity index (χ4v) is 5.20. The van der Waals surface area contributed by atoms with Crippen molar-refractivity contribution in [3.8, 4) is 0 Å². The minimum Gasteiger partial charge on any atom is -0.336 e. The Balaban J connectivity index is 1.28. The number of amides is 1. The number of nitrogens with zero attached hydrogens (tertiary/aromatic N) is 3.